The Hall–Kier alpha value is -6.96. The normalized spacial score (nSPS) is 13.3. The molecule has 11 aromatic rings. The molecule has 0 fully saturated rings. The lowest BCUT2D eigenvalue weighted by atomic mass is 9.80. The smallest absolute Gasteiger partial charge is 0.135 e. The molecule has 56 heavy (non-hydrogen) atoms. The molecule has 262 valence electrons. The average molecular weight is 713 g/mol. The van der Waals surface area contributed by atoms with E-state index in [-0.39, 0.29) is 5.41 Å². The maximum atomic E-state index is 6.51. The molecule has 0 bridgehead atoms. The molecule has 0 amide bonds. The van der Waals surface area contributed by atoms with Gasteiger partial charge in [-0.2, -0.15) is 0 Å². The van der Waals surface area contributed by atoms with Crippen molar-refractivity contribution in [2.45, 2.75) is 19.3 Å². The summed E-state index contributed by atoms with van der Waals surface area (Å²) in [4.78, 5) is 0. The van der Waals surface area contributed by atoms with Gasteiger partial charge in [0.25, 0.3) is 0 Å². The van der Waals surface area contributed by atoms with Crippen LogP contribution < -0.4 is 0 Å². The Balaban J connectivity index is 1.03. The van der Waals surface area contributed by atoms with E-state index in [1.54, 1.807) is 0 Å². The van der Waals surface area contributed by atoms with Crippen molar-refractivity contribution in [1.82, 2.24) is 0 Å². The minimum Gasteiger partial charge on any atom is -0.456 e. The summed E-state index contributed by atoms with van der Waals surface area (Å²) < 4.78 is 6.51. The maximum absolute atomic E-state index is 6.51. The zero-order valence-electron chi connectivity index (χ0n) is 31.2. The highest BCUT2D eigenvalue weighted by atomic mass is 16.3. The summed E-state index contributed by atoms with van der Waals surface area (Å²) >= 11 is 0. The quantitative estimate of drug-likeness (QED) is 0.166. The van der Waals surface area contributed by atoms with Crippen LogP contribution in [0.25, 0.3) is 110 Å². The van der Waals surface area contributed by atoms with E-state index in [9.17, 15) is 0 Å². The zero-order chi connectivity index (χ0) is 37.1. The van der Waals surface area contributed by atoms with Crippen LogP contribution in [0.5, 0.6) is 0 Å². The van der Waals surface area contributed by atoms with Crippen LogP contribution in [0.2, 0.25) is 0 Å². The topological polar surface area (TPSA) is 13.1 Å². The van der Waals surface area contributed by atoms with Crippen LogP contribution in [0.4, 0.5) is 0 Å². The molecule has 1 aliphatic rings. The number of hydrogen-bond donors (Lipinski definition) is 0. The lowest BCUT2D eigenvalue weighted by Crippen LogP contribution is -2.15. The summed E-state index contributed by atoms with van der Waals surface area (Å²) in [7, 11) is 0. The van der Waals surface area contributed by atoms with Crippen molar-refractivity contribution in [3.63, 3.8) is 0 Å². The highest BCUT2D eigenvalue weighted by Crippen LogP contribution is 2.52. The zero-order valence-corrected chi connectivity index (χ0v) is 31.2. The Bertz CT molecular complexity index is 3390. The number of fused-ring (bicyclic) bond motifs is 11. The van der Waals surface area contributed by atoms with Gasteiger partial charge in [0.15, 0.2) is 0 Å². The molecule has 0 spiro atoms. The van der Waals surface area contributed by atoms with Crippen LogP contribution in [-0.4, -0.2) is 0 Å². The van der Waals surface area contributed by atoms with Crippen molar-refractivity contribution in [2.24, 2.45) is 0 Å². The Morgan fingerprint density at radius 2 is 0.821 bits per heavy atom. The van der Waals surface area contributed by atoms with Gasteiger partial charge in [-0.3, -0.25) is 0 Å². The van der Waals surface area contributed by atoms with Gasteiger partial charge in [0, 0.05) is 16.2 Å². The minimum atomic E-state index is -0.0762. The average Bonchev–Trinajstić information content (AvgIpc) is 3.73. The number of benzene rings is 10. The van der Waals surface area contributed by atoms with Gasteiger partial charge in [0.1, 0.15) is 11.2 Å². The van der Waals surface area contributed by atoms with E-state index >= 15 is 0 Å². The second-order valence-corrected chi connectivity index (χ2v) is 16.0. The SMILES string of the molecule is CC1(C)c2ccc(-c3ccc4oc5ccc(-c6c7ccccc7c(-c7ccc8ccccc8c7)c7ccccc67)cc5c4c3)cc2-c2ccc3ccccc3c21. The predicted octanol–water partition coefficient (Wildman–Crippen LogP) is 15.5. The molecule has 1 heterocycles. The molecule has 0 aliphatic heterocycles. The van der Waals surface area contributed by atoms with Crippen molar-refractivity contribution in [3.8, 4) is 44.5 Å². The Labute approximate surface area is 325 Å². The third-order valence-corrected chi connectivity index (χ3v) is 12.6. The fourth-order valence-corrected chi connectivity index (χ4v) is 10.0. The third kappa shape index (κ3) is 4.43. The number of furan rings is 1. The van der Waals surface area contributed by atoms with Crippen LogP contribution in [0.1, 0.15) is 25.0 Å². The Morgan fingerprint density at radius 1 is 0.339 bits per heavy atom. The fourth-order valence-electron chi connectivity index (χ4n) is 10.0. The summed E-state index contributed by atoms with van der Waals surface area (Å²) in [6.07, 6.45) is 0. The molecule has 1 aliphatic carbocycles. The maximum Gasteiger partial charge on any atom is 0.135 e. The first-order chi connectivity index (χ1) is 27.5. The van der Waals surface area contributed by atoms with Gasteiger partial charge in [-0.1, -0.05) is 159 Å². The monoisotopic (exact) mass is 712 g/mol. The molecular formula is C55H36O. The largest absolute Gasteiger partial charge is 0.456 e. The van der Waals surface area contributed by atoms with Gasteiger partial charge >= 0.3 is 0 Å². The van der Waals surface area contributed by atoms with E-state index in [2.05, 4.69) is 196 Å². The molecular weight excluding hydrogens is 677 g/mol. The molecule has 0 N–H and O–H groups in total. The van der Waals surface area contributed by atoms with Gasteiger partial charge in [0.2, 0.25) is 0 Å². The van der Waals surface area contributed by atoms with Crippen LogP contribution >= 0.6 is 0 Å². The van der Waals surface area contributed by atoms with Gasteiger partial charge in [-0.15, -0.1) is 0 Å². The van der Waals surface area contributed by atoms with Crippen molar-refractivity contribution in [3.05, 3.63) is 193 Å². The fraction of sp³-hybridized carbons (Fsp3) is 0.0545. The Morgan fingerprint density at radius 3 is 1.50 bits per heavy atom. The summed E-state index contributed by atoms with van der Waals surface area (Å²) in [5.74, 6) is 0. The third-order valence-electron chi connectivity index (χ3n) is 12.6. The molecule has 1 aromatic heterocycles. The molecule has 0 saturated heterocycles. The minimum absolute atomic E-state index is 0.0762. The van der Waals surface area contributed by atoms with E-state index in [4.69, 9.17) is 4.42 Å². The lowest BCUT2D eigenvalue weighted by Gasteiger charge is -2.23. The molecule has 0 unspecified atom stereocenters. The van der Waals surface area contributed by atoms with E-state index in [0.717, 1.165) is 21.9 Å². The molecule has 0 atom stereocenters. The van der Waals surface area contributed by atoms with E-state index in [0.29, 0.717) is 0 Å². The standard InChI is InChI=1S/C55H36O/c1-55(2)49-26-22-36(30-46(49)45-25-21-34-12-5-6-14-40(34)54(45)55)37-23-27-50-47(31-37)48-32-39(24-28-51(48)56-50)53-43-17-9-7-15-41(43)52(42-16-8-10-18-44(42)53)38-20-19-33-11-3-4-13-35(33)29-38/h3-32H,1-2H3. The van der Waals surface area contributed by atoms with Crippen LogP contribution in [0, 0.1) is 0 Å². The second kappa shape index (κ2) is 11.5. The Kier molecular flexibility index (Phi) is 6.46. The first-order valence-electron chi connectivity index (χ1n) is 19.6. The molecule has 1 nitrogen and oxygen atoms in total. The summed E-state index contributed by atoms with van der Waals surface area (Å²) in [6, 6.07) is 67.2. The van der Waals surface area contributed by atoms with Crippen LogP contribution in [-0.2, 0) is 5.41 Å². The summed E-state index contributed by atoms with van der Waals surface area (Å²) in [5.41, 5.74) is 14.6. The van der Waals surface area contributed by atoms with Crippen LogP contribution in [0.15, 0.2) is 186 Å². The number of hydrogen-bond acceptors (Lipinski definition) is 1. The lowest BCUT2D eigenvalue weighted by molar-refractivity contribution is 0.666. The molecule has 12 rings (SSSR count). The van der Waals surface area contributed by atoms with Crippen molar-refractivity contribution in [1.29, 1.82) is 0 Å². The molecule has 1 heteroatoms. The van der Waals surface area contributed by atoms with Gasteiger partial charge in [-0.25, -0.2) is 0 Å². The summed E-state index contributed by atoms with van der Waals surface area (Å²) in [6.45, 7) is 4.74. The van der Waals surface area contributed by atoms with Crippen molar-refractivity contribution in [2.75, 3.05) is 0 Å². The van der Waals surface area contributed by atoms with Crippen molar-refractivity contribution < 1.29 is 4.42 Å². The number of rotatable bonds is 3. The second-order valence-electron chi connectivity index (χ2n) is 16.0. The van der Waals surface area contributed by atoms with E-state index < -0.39 is 0 Å². The highest BCUT2D eigenvalue weighted by Gasteiger charge is 2.37. The van der Waals surface area contributed by atoms with Crippen molar-refractivity contribution >= 4 is 65.0 Å². The summed E-state index contributed by atoms with van der Waals surface area (Å²) in [5, 5.41) is 12.4. The van der Waals surface area contributed by atoms with Gasteiger partial charge < -0.3 is 4.42 Å². The van der Waals surface area contributed by atoms with Crippen LogP contribution in [0.3, 0.4) is 0 Å². The first-order valence-corrected chi connectivity index (χ1v) is 19.6. The van der Waals surface area contributed by atoms with E-state index in [1.165, 1.54) is 98.7 Å². The molecule has 10 aromatic carbocycles. The van der Waals surface area contributed by atoms with Gasteiger partial charge in [-0.05, 0) is 135 Å². The predicted molar refractivity (Wildman–Crippen MR) is 238 cm³/mol. The first kappa shape index (κ1) is 31.4. The van der Waals surface area contributed by atoms with Gasteiger partial charge in [0.05, 0.1) is 0 Å². The molecule has 0 saturated carbocycles. The highest BCUT2D eigenvalue weighted by molar-refractivity contribution is 6.22. The molecule has 0 radical (unpaired) electrons. The van der Waals surface area contributed by atoms with E-state index in [1.807, 2.05) is 0 Å².